The zero-order valence-corrected chi connectivity index (χ0v) is 13.6. The molecule has 1 aliphatic rings. The highest BCUT2D eigenvalue weighted by atomic mass is 16.5. The van der Waals surface area contributed by atoms with Gasteiger partial charge in [-0.05, 0) is 51.5 Å². The van der Waals surface area contributed by atoms with Crippen molar-refractivity contribution in [2.45, 2.75) is 72.6 Å². The van der Waals surface area contributed by atoms with Gasteiger partial charge in [0.25, 0.3) is 0 Å². The third-order valence-corrected chi connectivity index (χ3v) is 4.10. The zero-order chi connectivity index (χ0) is 15.0. The minimum Gasteiger partial charge on any atom is -0.461 e. The average molecular weight is 278 g/mol. The van der Waals surface area contributed by atoms with E-state index in [-0.39, 0.29) is 11.9 Å². The van der Waals surface area contributed by atoms with Gasteiger partial charge in [-0.25, -0.2) is 0 Å². The van der Waals surface area contributed by atoms with Gasteiger partial charge in [0.05, 0.1) is 5.92 Å². The molecule has 0 amide bonds. The molecule has 0 N–H and O–H groups in total. The lowest BCUT2D eigenvalue weighted by atomic mass is 9.92. The molecule has 1 aliphatic carbocycles. The summed E-state index contributed by atoms with van der Waals surface area (Å²) in [5, 5.41) is 0. The lowest BCUT2D eigenvalue weighted by Gasteiger charge is -2.19. The molecule has 0 radical (unpaired) electrons. The Morgan fingerprint density at radius 3 is 2.30 bits per heavy atom. The molecule has 0 saturated carbocycles. The van der Waals surface area contributed by atoms with Crippen molar-refractivity contribution in [1.82, 2.24) is 0 Å². The second-order valence-corrected chi connectivity index (χ2v) is 6.05. The molecular weight excluding hydrogens is 248 g/mol. The van der Waals surface area contributed by atoms with Gasteiger partial charge in [0.15, 0.2) is 0 Å². The third kappa shape index (κ3) is 5.52. The molecular formula is C18H30O2. The van der Waals surface area contributed by atoms with Crippen LogP contribution in [-0.4, -0.2) is 12.6 Å². The van der Waals surface area contributed by atoms with E-state index in [1.165, 1.54) is 16.7 Å². The number of carbonyl (C=O) groups is 1. The number of hydrogen-bond donors (Lipinski definition) is 0. The topological polar surface area (TPSA) is 26.3 Å². The second kappa shape index (κ2) is 8.99. The molecule has 0 aromatic rings. The van der Waals surface area contributed by atoms with Gasteiger partial charge in [-0.3, -0.25) is 4.79 Å². The molecule has 0 aliphatic heterocycles. The molecule has 2 heteroatoms. The first-order chi connectivity index (χ1) is 9.58. The Morgan fingerprint density at radius 1 is 1.20 bits per heavy atom. The number of esters is 1. The van der Waals surface area contributed by atoms with Gasteiger partial charge in [0.1, 0.15) is 6.61 Å². The van der Waals surface area contributed by atoms with Crippen LogP contribution in [0.3, 0.4) is 0 Å². The summed E-state index contributed by atoms with van der Waals surface area (Å²) in [4.78, 5) is 12.1. The molecule has 0 atom stereocenters. The Morgan fingerprint density at radius 2 is 1.85 bits per heavy atom. The standard InChI is InChI=1S/C18H30O2/c1-5-7-17(8-6-2)18(19)20-13-15-9-11-16(12-10-15)14(3)4/h9,17H,5-8,10-13H2,1-4H3. The van der Waals surface area contributed by atoms with Crippen LogP contribution in [0.1, 0.15) is 72.6 Å². The van der Waals surface area contributed by atoms with Gasteiger partial charge in [0.2, 0.25) is 0 Å². The quantitative estimate of drug-likeness (QED) is 0.473. The Kier molecular flexibility index (Phi) is 7.64. The van der Waals surface area contributed by atoms with Gasteiger partial charge < -0.3 is 4.74 Å². The van der Waals surface area contributed by atoms with Crippen molar-refractivity contribution in [3.05, 3.63) is 22.8 Å². The normalized spacial score (nSPS) is 15.2. The van der Waals surface area contributed by atoms with Crippen LogP contribution in [0.2, 0.25) is 0 Å². The van der Waals surface area contributed by atoms with E-state index in [0.29, 0.717) is 6.61 Å². The van der Waals surface area contributed by atoms with Gasteiger partial charge in [-0.2, -0.15) is 0 Å². The van der Waals surface area contributed by atoms with Crippen LogP contribution in [0.4, 0.5) is 0 Å². The number of hydrogen-bond acceptors (Lipinski definition) is 2. The SMILES string of the molecule is CCCC(CCC)C(=O)OCC1=CCC(=C(C)C)CC1. The van der Waals surface area contributed by atoms with Crippen molar-refractivity contribution < 1.29 is 9.53 Å². The average Bonchev–Trinajstić information content (AvgIpc) is 2.45. The van der Waals surface area contributed by atoms with Gasteiger partial charge in [-0.1, -0.05) is 43.9 Å². The van der Waals surface area contributed by atoms with Gasteiger partial charge >= 0.3 is 5.97 Å². The summed E-state index contributed by atoms with van der Waals surface area (Å²) in [6, 6.07) is 0. The molecule has 0 saturated heterocycles. The monoisotopic (exact) mass is 278 g/mol. The molecule has 0 aromatic carbocycles. The number of allylic oxidation sites excluding steroid dienone is 3. The highest BCUT2D eigenvalue weighted by molar-refractivity contribution is 5.72. The van der Waals surface area contributed by atoms with Crippen LogP contribution in [0, 0.1) is 5.92 Å². The van der Waals surface area contributed by atoms with Crippen LogP contribution >= 0.6 is 0 Å². The summed E-state index contributed by atoms with van der Waals surface area (Å²) >= 11 is 0. The fourth-order valence-corrected chi connectivity index (χ4v) is 2.73. The smallest absolute Gasteiger partial charge is 0.309 e. The van der Waals surface area contributed by atoms with Crippen LogP contribution in [0.5, 0.6) is 0 Å². The van der Waals surface area contributed by atoms with E-state index in [1.54, 1.807) is 0 Å². The molecule has 114 valence electrons. The first kappa shape index (κ1) is 17.0. The maximum Gasteiger partial charge on any atom is 0.309 e. The lowest BCUT2D eigenvalue weighted by molar-refractivity contribution is -0.148. The molecule has 0 fully saturated rings. The minimum atomic E-state index is 0.00242. The number of ether oxygens (including phenoxy) is 1. The van der Waals surface area contributed by atoms with Crippen molar-refractivity contribution in [1.29, 1.82) is 0 Å². The summed E-state index contributed by atoms with van der Waals surface area (Å²) in [6.07, 6.45) is 9.44. The maximum atomic E-state index is 12.1. The van der Waals surface area contributed by atoms with Crippen LogP contribution in [-0.2, 0) is 9.53 Å². The van der Waals surface area contributed by atoms with E-state index in [2.05, 4.69) is 33.8 Å². The Balaban J connectivity index is 2.43. The predicted octanol–water partition coefficient (Wildman–Crippen LogP) is 5.19. The molecule has 20 heavy (non-hydrogen) atoms. The zero-order valence-electron chi connectivity index (χ0n) is 13.6. The minimum absolute atomic E-state index is 0.00242. The Hall–Kier alpha value is -1.05. The lowest BCUT2D eigenvalue weighted by Crippen LogP contribution is -2.19. The van der Waals surface area contributed by atoms with E-state index in [9.17, 15) is 4.79 Å². The van der Waals surface area contributed by atoms with E-state index in [0.717, 1.165) is 44.9 Å². The fraction of sp³-hybridized carbons (Fsp3) is 0.722. The van der Waals surface area contributed by atoms with Crippen molar-refractivity contribution in [2.75, 3.05) is 6.61 Å². The third-order valence-electron chi connectivity index (χ3n) is 4.10. The number of carbonyl (C=O) groups excluding carboxylic acids is 1. The predicted molar refractivity (Wildman–Crippen MR) is 84.6 cm³/mol. The largest absolute Gasteiger partial charge is 0.461 e. The van der Waals surface area contributed by atoms with Crippen LogP contribution < -0.4 is 0 Å². The summed E-state index contributed by atoms with van der Waals surface area (Å²) in [5.74, 6) is 0.102. The van der Waals surface area contributed by atoms with Crippen molar-refractivity contribution in [3.63, 3.8) is 0 Å². The summed E-state index contributed by atoms with van der Waals surface area (Å²) in [5.41, 5.74) is 4.26. The first-order valence-corrected chi connectivity index (χ1v) is 8.08. The Labute approximate surface area is 124 Å². The van der Waals surface area contributed by atoms with Crippen molar-refractivity contribution >= 4 is 5.97 Å². The molecule has 0 spiro atoms. The van der Waals surface area contributed by atoms with E-state index in [4.69, 9.17) is 4.74 Å². The molecule has 0 aromatic heterocycles. The van der Waals surface area contributed by atoms with Crippen molar-refractivity contribution in [2.24, 2.45) is 5.92 Å². The highest BCUT2D eigenvalue weighted by Gasteiger charge is 2.19. The fourth-order valence-electron chi connectivity index (χ4n) is 2.73. The van der Waals surface area contributed by atoms with E-state index in [1.807, 2.05) is 0 Å². The first-order valence-electron chi connectivity index (χ1n) is 8.08. The molecule has 0 heterocycles. The maximum absolute atomic E-state index is 12.1. The molecule has 0 bridgehead atoms. The summed E-state index contributed by atoms with van der Waals surface area (Å²) in [6.45, 7) is 9.10. The van der Waals surface area contributed by atoms with Gasteiger partial charge in [-0.15, -0.1) is 0 Å². The number of rotatable bonds is 7. The molecule has 2 nitrogen and oxygen atoms in total. The van der Waals surface area contributed by atoms with E-state index >= 15 is 0 Å². The molecule has 1 rings (SSSR count). The van der Waals surface area contributed by atoms with Crippen molar-refractivity contribution in [3.8, 4) is 0 Å². The molecule has 0 unspecified atom stereocenters. The second-order valence-electron chi connectivity index (χ2n) is 6.05. The van der Waals surface area contributed by atoms with Crippen LogP contribution in [0.25, 0.3) is 0 Å². The van der Waals surface area contributed by atoms with E-state index < -0.39 is 0 Å². The van der Waals surface area contributed by atoms with Crippen LogP contribution in [0.15, 0.2) is 22.8 Å². The van der Waals surface area contributed by atoms with Gasteiger partial charge in [0, 0.05) is 0 Å². The highest BCUT2D eigenvalue weighted by Crippen LogP contribution is 2.26. The Bertz CT molecular complexity index is 367. The summed E-state index contributed by atoms with van der Waals surface area (Å²) in [7, 11) is 0. The summed E-state index contributed by atoms with van der Waals surface area (Å²) < 4.78 is 5.52.